The number of benzene rings is 2. The molecule has 0 fully saturated rings. The first kappa shape index (κ1) is 12.6. The first-order valence-corrected chi connectivity index (χ1v) is 7.75. The molecule has 1 aromatic heterocycles. The number of nitrogen functional groups attached to an aromatic ring is 1. The molecule has 0 atom stereocenters. The average Bonchev–Trinajstić information content (AvgIpc) is 2.83. The van der Waals surface area contributed by atoms with E-state index < -0.39 is 0 Å². The zero-order valence-corrected chi connectivity index (χ0v) is 12.6. The quantitative estimate of drug-likeness (QED) is 0.534. The van der Waals surface area contributed by atoms with Crippen molar-refractivity contribution in [3.8, 4) is 0 Å². The number of nitrogens with two attached hydrogens (primary N) is 1. The Hall–Kier alpha value is -1.39. The highest BCUT2D eigenvalue weighted by Crippen LogP contribution is 2.28. The third kappa shape index (κ3) is 2.80. The largest absolute Gasteiger partial charge is 0.398 e. The Kier molecular flexibility index (Phi) is 3.53. The van der Waals surface area contributed by atoms with Crippen LogP contribution in [0.25, 0.3) is 10.9 Å². The number of aromatic nitrogens is 1. The summed E-state index contributed by atoms with van der Waals surface area (Å²) >= 11 is 5.20. The first-order chi connectivity index (χ1) is 9.22. The van der Waals surface area contributed by atoms with Crippen molar-refractivity contribution in [3.05, 3.63) is 58.6 Å². The van der Waals surface area contributed by atoms with Crippen molar-refractivity contribution in [1.82, 2.24) is 4.98 Å². The lowest BCUT2D eigenvalue weighted by Gasteiger charge is -2.03. The van der Waals surface area contributed by atoms with Crippen LogP contribution in [-0.2, 0) is 5.75 Å². The van der Waals surface area contributed by atoms with E-state index in [0.717, 1.165) is 15.9 Å². The molecular weight excluding hydrogens is 320 g/mol. The molecule has 0 aliphatic heterocycles. The lowest BCUT2D eigenvalue weighted by atomic mass is 10.2. The van der Waals surface area contributed by atoms with Gasteiger partial charge in [0.1, 0.15) is 0 Å². The minimum Gasteiger partial charge on any atom is -0.398 e. The second-order valence-corrected chi connectivity index (χ2v) is 6.24. The predicted octanol–water partition coefficient (Wildman–Crippen LogP) is 4.80. The third-order valence-electron chi connectivity index (χ3n) is 2.96. The van der Waals surface area contributed by atoms with Crippen molar-refractivity contribution in [3.63, 3.8) is 0 Å². The van der Waals surface area contributed by atoms with E-state index in [1.807, 2.05) is 18.2 Å². The molecule has 0 radical (unpaired) electrons. The zero-order valence-electron chi connectivity index (χ0n) is 10.2. The number of hydrogen-bond donors (Lipinski definition) is 2. The van der Waals surface area contributed by atoms with Gasteiger partial charge in [-0.05, 0) is 45.8 Å². The van der Waals surface area contributed by atoms with Crippen LogP contribution in [0, 0.1) is 0 Å². The van der Waals surface area contributed by atoms with E-state index in [9.17, 15) is 0 Å². The fraction of sp³-hybridized carbons (Fsp3) is 0.0667. The molecule has 19 heavy (non-hydrogen) atoms. The number of hydrogen-bond acceptors (Lipinski definition) is 2. The van der Waals surface area contributed by atoms with Gasteiger partial charge in [0.25, 0.3) is 0 Å². The summed E-state index contributed by atoms with van der Waals surface area (Å²) in [5, 5.41) is 2.43. The van der Waals surface area contributed by atoms with Crippen molar-refractivity contribution < 1.29 is 0 Å². The summed E-state index contributed by atoms with van der Waals surface area (Å²) in [4.78, 5) is 3.41. The van der Waals surface area contributed by atoms with Gasteiger partial charge in [-0.3, -0.25) is 0 Å². The number of halogens is 1. The second kappa shape index (κ2) is 5.31. The van der Waals surface area contributed by atoms with Crippen molar-refractivity contribution in [1.29, 1.82) is 0 Å². The molecule has 4 heteroatoms. The Bertz CT molecular complexity index is 688. The standard InChI is InChI=1S/C15H13BrN2S/c16-12-6-5-10(7-13(12)17)9-19-15-8-11-3-1-2-4-14(11)18-15/h1-8,18H,9,17H2. The van der Waals surface area contributed by atoms with Gasteiger partial charge in [0.2, 0.25) is 0 Å². The van der Waals surface area contributed by atoms with Crippen LogP contribution >= 0.6 is 27.7 Å². The van der Waals surface area contributed by atoms with Crippen LogP contribution in [0.1, 0.15) is 5.56 Å². The molecule has 1 heterocycles. The van der Waals surface area contributed by atoms with Crippen LogP contribution in [0.15, 0.2) is 58.0 Å². The molecule has 0 spiro atoms. The highest BCUT2D eigenvalue weighted by Gasteiger charge is 2.03. The molecule has 3 N–H and O–H groups in total. The fourth-order valence-electron chi connectivity index (χ4n) is 1.97. The number of nitrogens with one attached hydrogen (secondary N) is 1. The maximum atomic E-state index is 5.89. The Morgan fingerprint density at radius 2 is 1.95 bits per heavy atom. The Labute approximate surface area is 124 Å². The number of rotatable bonds is 3. The van der Waals surface area contributed by atoms with Crippen LogP contribution in [0.2, 0.25) is 0 Å². The van der Waals surface area contributed by atoms with E-state index in [2.05, 4.69) is 51.2 Å². The first-order valence-electron chi connectivity index (χ1n) is 5.97. The third-order valence-corrected chi connectivity index (χ3v) is 4.69. The van der Waals surface area contributed by atoms with Gasteiger partial charge in [-0.2, -0.15) is 0 Å². The van der Waals surface area contributed by atoms with E-state index in [1.54, 1.807) is 11.8 Å². The summed E-state index contributed by atoms with van der Waals surface area (Å²) in [5.41, 5.74) is 9.08. The van der Waals surface area contributed by atoms with Crippen molar-refractivity contribution in [2.45, 2.75) is 10.8 Å². The van der Waals surface area contributed by atoms with E-state index in [4.69, 9.17) is 5.73 Å². The number of fused-ring (bicyclic) bond motifs is 1. The SMILES string of the molecule is Nc1cc(CSc2cc3ccccc3[nH]2)ccc1Br. The molecule has 0 saturated carbocycles. The molecule has 2 aromatic carbocycles. The van der Waals surface area contributed by atoms with Gasteiger partial charge < -0.3 is 10.7 Å². The maximum Gasteiger partial charge on any atom is 0.0735 e. The highest BCUT2D eigenvalue weighted by atomic mass is 79.9. The summed E-state index contributed by atoms with van der Waals surface area (Å²) in [7, 11) is 0. The van der Waals surface area contributed by atoms with E-state index in [1.165, 1.54) is 21.5 Å². The van der Waals surface area contributed by atoms with Crippen molar-refractivity contribution in [2.75, 3.05) is 5.73 Å². The van der Waals surface area contributed by atoms with Crippen molar-refractivity contribution in [2.24, 2.45) is 0 Å². The highest BCUT2D eigenvalue weighted by molar-refractivity contribution is 9.10. The Morgan fingerprint density at radius 1 is 1.11 bits per heavy atom. The molecule has 0 saturated heterocycles. The molecular formula is C15H13BrN2S. The van der Waals surface area contributed by atoms with Crippen LogP contribution < -0.4 is 5.73 Å². The molecule has 0 aliphatic carbocycles. The molecule has 0 bridgehead atoms. The molecule has 0 unspecified atom stereocenters. The van der Waals surface area contributed by atoms with E-state index >= 15 is 0 Å². The minimum atomic E-state index is 0.787. The molecule has 3 rings (SSSR count). The summed E-state index contributed by atoms with van der Waals surface area (Å²) in [5.74, 6) is 0.907. The number of anilines is 1. The number of aromatic amines is 1. The van der Waals surface area contributed by atoms with Gasteiger partial charge in [0, 0.05) is 26.8 Å². The van der Waals surface area contributed by atoms with Crippen molar-refractivity contribution >= 4 is 44.3 Å². The number of H-pyrrole nitrogens is 1. The summed E-state index contributed by atoms with van der Waals surface area (Å²) in [6, 6.07) is 16.6. The normalized spacial score (nSPS) is 11.0. The fourth-order valence-corrected chi connectivity index (χ4v) is 3.11. The van der Waals surface area contributed by atoms with Gasteiger partial charge in [0.15, 0.2) is 0 Å². The molecule has 3 aromatic rings. The molecule has 0 amide bonds. The smallest absolute Gasteiger partial charge is 0.0735 e. The van der Waals surface area contributed by atoms with E-state index in [-0.39, 0.29) is 0 Å². The van der Waals surface area contributed by atoms with Gasteiger partial charge in [-0.25, -0.2) is 0 Å². The average molecular weight is 333 g/mol. The Morgan fingerprint density at radius 3 is 2.74 bits per heavy atom. The summed E-state index contributed by atoms with van der Waals surface area (Å²) < 4.78 is 0.951. The van der Waals surface area contributed by atoms with Gasteiger partial charge >= 0.3 is 0 Å². The molecule has 0 aliphatic rings. The lowest BCUT2D eigenvalue weighted by Crippen LogP contribution is -1.89. The van der Waals surface area contributed by atoms with E-state index in [0.29, 0.717) is 0 Å². The molecule has 2 nitrogen and oxygen atoms in total. The van der Waals surface area contributed by atoms with Gasteiger partial charge in [-0.1, -0.05) is 24.3 Å². The second-order valence-electron chi connectivity index (χ2n) is 4.37. The predicted molar refractivity (Wildman–Crippen MR) is 86.4 cm³/mol. The van der Waals surface area contributed by atoms with Gasteiger partial charge in [0.05, 0.1) is 5.03 Å². The monoisotopic (exact) mass is 332 g/mol. The summed E-state index contributed by atoms with van der Waals surface area (Å²) in [6.45, 7) is 0. The zero-order chi connectivity index (χ0) is 13.2. The van der Waals surface area contributed by atoms with Crippen LogP contribution in [0.3, 0.4) is 0 Å². The van der Waals surface area contributed by atoms with Gasteiger partial charge in [-0.15, -0.1) is 11.8 Å². The summed E-state index contributed by atoms with van der Waals surface area (Å²) in [6.07, 6.45) is 0. The Balaban J connectivity index is 1.76. The number of para-hydroxylation sites is 1. The van der Waals surface area contributed by atoms with Crippen LogP contribution in [-0.4, -0.2) is 4.98 Å². The van der Waals surface area contributed by atoms with Crippen LogP contribution in [0.4, 0.5) is 5.69 Å². The minimum absolute atomic E-state index is 0.787. The van der Waals surface area contributed by atoms with Crippen LogP contribution in [0.5, 0.6) is 0 Å². The lowest BCUT2D eigenvalue weighted by molar-refractivity contribution is 1.23. The maximum absolute atomic E-state index is 5.89. The number of thioether (sulfide) groups is 1. The molecule has 96 valence electrons. The topological polar surface area (TPSA) is 41.8 Å².